The maximum atomic E-state index is 13.0. The molecule has 3 nitrogen and oxygen atoms in total. The van der Waals surface area contributed by atoms with Gasteiger partial charge in [0.2, 0.25) is 0 Å². The SMILES string of the molecule is Cl.N#Cc1cc(F)c(O)c([C@H](N)C(F)(F)F)c1. The Labute approximate surface area is 99.9 Å². The highest BCUT2D eigenvalue weighted by Gasteiger charge is 2.40. The molecule has 0 aliphatic carbocycles. The van der Waals surface area contributed by atoms with Gasteiger partial charge in [0, 0.05) is 5.56 Å². The molecule has 17 heavy (non-hydrogen) atoms. The van der Waals surface area contributed by atoms with Gasteiger partial charge in [0.05, 0.1) is 11.6 Å². The van der Waals surface area contributed by atoms with Crippen LogP contribution in [0.2, 0.25) is 0 Å². The van der Waals surface area contributed by atoms with Gasteiger partial charge in [-0.2, -0.15) is 18.4 Å². The first-order valence-corrected chi connectivity index (χ1v) is 4.02. The van der Waals surface area contributed by atoms with Crippen LogP contribution < -0.4 is 5.73 Å². The zero-order chi connectivity index (χ0) is 12.5. The van der Waals surface area contributed by atoms with E-state index < -0.39 is 29.3 Å². The first kappa shape index (κ1) is 15.5. The number of nitriles is 1. The Morgan fingerprint density at radius 1 is 1.35 bits per heavy atom. The largest absolute Gasteiger partial charge is 0.505 e. The van der Waals surface area contributed by atoms with Crippen LogP contribution in [-0.2, 0) is 0 Å². The summed E-state index contributed by atoms with van der Waals surface area (Å²) in [5.74, 6) is -2.50. The number of nitrogens with two attached hydrogens (primary N) is 1. The summed E-state index contributed by atoms with van der Waals surface area (Å²) in [7, 11) is 0. The van der Waals surface area contributed by atoms with Gasteiger partial charge >= 0.3 is 6.18 Å². The summed E-state index contributed by atoms with van der Waals surface area (Å²) in [6.07, 6.45) is -4.82. The second kappa shape index (κ2) is 5.21. The number of benzene rings is 1. The number of phenolic OH excluding ortho intramolecular Hbond substituents is 1. The zero-order valence-corrected chi connectivity index (χ0v) is 8.94. The molecular weight excluding hydrogens is 264 g/mol. The third-order valence-corrected chi connectivity index (χ3v) is 1.91. The molecule has 1 rings (SSSR count). The smallest absolute Gasteiger partial charge is 0.407 e. The number of phenols is 1. The third-order valence-electron chi connectivity index (χ3n) is 1.91. The molecule has 0 fully saturated rings. The fourth-order valence-electron chi connectivity index (χ4n) is 1.10. The highest BCUT2D eigenvalue weighted by Crippen LogP contribution is 2.36. The Morgan fingerprint density at radius 2 is 1.88 bits per heavy atom. The predicted octanol–water partition coefficient (Wildman–Crippen LogP) is 2.39. The van der Waals surface area contributed by atoms with Gasteiger partial charge in [-0.15, -0.1) is 12.4 Å². The van der Waals surface area contributed by atoms with E-state index in [9.17, 15) is 17.6 Å². The van der Waals surface area contributed by atoms with E-state index in [1.54, 1.807) is 0 Å². The number of halogens is 5. The van der Waals surface area contributed by atoms with Crippen molar-refractivity contribution in [3.8, 4) is 11.8 Å². The van der Waals surface area contributed by atoms with Crippen LogP contribution >= 0.6 is 12.4 Å². The van der Waals surface area contributed by atoms with E-state index in [-0.39, 0.29) is 18.0 Å². The standard InChI is InChI=1S/C9H6F4N2O.ClH/c10-6-2-4(3-14)1-5(7(6)16)8(15)9(11,12)13;/h1-2,8,16H,15H2;1H/t8-;/m0./s1. The molecule has 3 N–H and O–H groups in total. The molecule has 0 amide bonds. The summed E-state index contributed by atoms with van der Waals surface area (Å²) in [5, 5.41) is 17.5. The lowest BCUT2D eigenvalue weighted by Gasteiger charge is -2.17. The summed E-state index contributed by atoms with van der Waals surface area (Å²) in [6, 6.07) is 0.267. The van der Waals surface area contributed by atoms with Crippen LogP contribution in [0.3, 0.4) is 0 Å². The van der Waals surface area contributed by atoms with E-state index >= 15 is 0 Å². The predicted molar refractivity (Wildman–Crippen MR) is 53.0 cm³/mol. The Morgan fingerprint density at radius 3 is 2.29 bits per heavy atom. The molecule has 0 bridgehead atoms. The monoisotopic (exact) mass is 270 g/mol. The van der Waals surface area contributed by atoms with Crippen molar-refractivity contribution in [1.29, 1.82) is 5.26 Å². The van der Waals surface area contributed by atoms with Crippen molar-refractivity contribution in [2.45, 2.75) is 12.2 Å². The molecule has 0 unspecified atom stereocenters. The van der Waals surface area contributed by atoms with Gasteiger partial charge in [-0.3, -0.25) is 0 Å². The topological polar surface area (TPSA) is 70.0 Å². The lowest BCUT2D eigenvalue weighted by molar-refractivity contribution is -0.149. The van der Waals surface area contributed by atoms with E-state index in [0.717, 1.165) is 0 Å². The van der Waals surface area contributed by atoms with Crippen LogP contribution in [0.1, 0.15) is 17.2 Å². The molecule has 0 saturated heterocycles. The van der Waals surface area contributed by atoms with Crippen molar-refractivity contribution in [1.82, 2.24) is 0 Å². The van der Waals surface area contributed by atoms with Crippen LogP contribution in [0.5, 0.6) is 5.75 Å². The fourth-order valence-corrected chi connectivity index (χ4v) is 1.10. The average molecular weight is 271 g/mol. The van der Waals surface area contributed by atoms with E-state index in [1.165, 1.54) is 6.07 Å². The van der Waals surface area contributed by atoms with E-state index in [4.69, 9.17) is 16.1 Å². The second-order valence-electron chi connectivity index (χ2n) is 3.03. The molecule has 8 heteroatoms. The molecule has 0 spiro atoms. The van der Waals surface area contributed by atoms with Crippen LogP contribution in [-0.4, -0.2) is 11.3 Å². The molecule has 0 aromatic heterocycles. The number of hydrogen-bond donors (Lipinski definition) is 2. The molecule has 1 aromatic carbocycles. The first-order chi connectivity index (χ1) is 7.27. The molecule has 94 valence electrons. The molecule has 0 heterocycles. The van der Waals surface area contributed by atoms with Crippen molar-refractivity contribution < 1.29 is 22.7 Å². The van der Waals surface area contributed by atoms with Gasteiger partial charge < -0.3 is 10.8 Å². The molecule has 0 aliphatic rings. The van der Waals surface area contributed by atoms with Gasteiger partial charge in [-0.05, 0) is 12.1 Å². The maximum absolute atomic E-state index is 13.0. The van der Waals surface area contributed by atoms with Crippen LogP contribution in [0, 0.1) is 17.1 Å². The average Bonchev–Trinajstić information content (AvgIpc) is 2.19. The molecule has 0 radical (unpaired) electrons. The van der Waals surface area contributed by atoms with Crippen molar-refractivity contribution in [2.24, 2.45) is 5.73 Å². The summed E-state index contributed by atoms with van der Waals surface area (Å²) >= 11 is 0. The number of nitrogens with zero attached hydrogens (tertiary/aromatic N) is 1. The Kier molecular flexibility index (Phi) is 4.74. The Hall–Kier alpha value is -1.52. The minimum absolute atomic E-state index is 0. The summed E-state index contributed by atoms with van der Waals surface area (Å²) in [5.41, 5.74) is 3.60. The quantitative estimate of drug-likeness (QED) is 0.770. The van der Waals surface area contributed by atoms with Gasteiger partial charge in [-0.25, -0.2) is 4.39 Å². The summed E-state index contributed by atoms with van der Waals surface area (Å²) < 4.78 is 49.7. The maximum Gasteiger partial charge on any atom is 0.407 e. The molecular formula is C9H7ClF4N2O. The minimum atomic E-state index is -4.82. The highest BCUT2D eigenvalue weighted by atomic mass is 35.5. The van der Waals surface area contributed by atoms with Crippen LogP contribution in [0.15, 0.2) is 12.1 Å². The zero-order valence-electron chi connectivity index (χ0n) is 8.12. The molecule has 1 aromatic rings. The number of rotatable bonds is 1. The number of aromatic hydroxyl groups is 1. The number of alkyl halides is 3. The van der Waals surface area contributed by atoms with E-state index in [1.807, 2.05) is 0 Å². The summed E-state index contributed by atoms with van der Waals surface area (Å²) in [6.45, 7) is 0. The lowest BCUT2D eigenvalue weighted by Crippen LogP contribution is -2.28. The number of hydrogen-bond acceptors (Lipinski definition) is 3. The molecule has 1 atom stereocenters. The Bertz CT molecular complexity index is 456. The second-order valence-corrected chi connectivity index (χ2v) is 3.03. The van der Waals surface area contributed by atoms with Gasteiger partial charge in [0.1, 0.15) is 6.04 Å². The molecule has 0 saturated carbocycles. The van der Waals surface area contributed by atoms with E-state index in [2.05, 4.69) is 0 Å². The van der Waals surface area contributed by atoms with Crippen LogP contribution in [0.4, 0.5) is 17.6 Å². The Balaban J connectivity index is 0.00000256. The van der Waals surface area contributed by atoms with Gasteiger partial charge in [0.15, 0.2) is 11.6 Å². The van der Waals surface area contributed by atoms with Gasteiger partial charge in [0.25, 0.3) is 0 Å². The highest BCUT2D eigenvalue weighted by molar-refractivity contribution is 5.85. The van der Waals surface area contributed by atoms with Crippen molar-refractivity contribution >= 4 is 12.4 Å². The van der Waals surface area contributed by atoms with E-state index in [0.29, 0.717) is 12.1 Å². The fraction of sp³-hybridized carbons (Fsp3) is 0.222. The molecule has 0 aliphatic heterocycles. The third kappa shape index (κ3) is 3.22. The van der Waals surface area contributed by atoms with Crippen molar-refractivity contribution in [3.63, 3.8) is 0 Å². The lowest BCUT2D eigenvalue weighted by atomic mass is 10.0. The minimum Gasteiger partial charge on any atom is -0.505 e. The van der Waals surface area contributed by atoms with Crippen molar-refractivity contribution in [2.75, 3.05) is 0 Å². The summed E-state index contributed by atoms with van der Waals surface area (Å²) in [4.78, 5) is 0. The van der Waals surface area contributed by atoms with Gasteiger partial charge in [-0.1, -0.05) is 0 Å². The normalized spacial score (nSPS) is 12.5. The first-order valence-electron chi connectivity index (χ1n) is 4.02. The van der Waals surface area contributed by atoms with Crippen LogP contribution in [0.25, 0.3) is 0 Å². The van der Waals surface area contributed by atoms with Crippen molar-refractivity contribution in [3.05, 3.63) is 29.1 Å².